The molecule has 0 aliphatic heterocycles. The van der Waals surface area contributed by atoms with Crippen molar-refractivity contribution in [2.75, 3.05) is 25.0 Å². The van der Waals surface area contributed by atoms with E-state index in [0.717, 1.165) is 25.2 Å². The van der Waals surface area contributed by atoms with Gasteiger partial charge in [-0.3, -0.25) is 9.69 Å². The second-order valence-corrected chi connectivity index (χ2v) is 5.94. The summed E-state index contributed by atoms with van der Waals surface area (Å²) in [6, 6.07) is 2.53. The van der Waals surface area contributed by atoms with Crippen LogP contribution in [0.25, 0.3) is 0 Å². The molecule has 0 radical (unpaired) electrons. The van der Waals surface area contributed by atoms with Gasteiger partial charge in [0.15, 0.2) is 0 Å². The number of aromatic nitrogens is 2. The summed E-state index contributed by atoms with van der Waals surface area (Å²) in [4.78, 5) is 14.4. The number of carbonyl (C=O) groups excluding carboxylic acids is 1. The SMILES string of the molecule is CC(C)n1nccc1NC(=O)CN(CCCO)C1CCC1. The summed E-state index contributed by atoms with van der Waals surface area (Å²) in [5, 5.41) is 16.1. The predicted molar refractivity (Wildman–Crippen MR) is 82.2 cm³/mol. The number of nitrogens with one attached hydrogen (secondary N) is 1. The molecule has 1 aromatic heterocycles. The van der Waals surface area contributed by atoms with E-state index in [1.165, 1.54) is 6.42 Å². The molecule has 0 aromatic carbocycles. The van der Waals surface area contributed by atoms with Crippen molar-refractivity contribution >= 4 is 11.7 Å². The number of carbonyl (C=O) groups is 1. The summed E-state index contributed by atoms with van der Waals surface area (Å²) in [6.45, 7) is 5.39. The average Bonchev–Trinajstić information content (AvgIpc) is 2.81. The van der Waals surface area contributed by atoms with E-state index in [9.17, 15) is 4.79 Å². The molecule has 0 atom stereocenters. The van der Waals surface area contributed by atoms with E-state index in [4.69, 9.17) is 5.11 Å². The first kappa shape index (κ1) is 16.0. The highest BCUT2D eigenvalue weighted by Gasteiger charge is 2.26. The van der Waals surface area contributed by atoms with Crippen molar-refractivity contribution in [2.24, 2.45) is 0 Å². The molecule has 6 nitrogen and oxygen atoms in total. The summed E-state index contributed by atoms with van der Waals surface area (Å²) >= 11 is 0. The van der Waals surface area contributed by atoms with E-state index < -0.39 is 0 Å². The van der Waals surface area contributed by atoms with Gasteiger partial charge in [0, 0.05) is 31.3 Å². The molecule has 0 spiro atoms. The van der Waals surface area contributed by atoms with Crippen molar-refractivity contribution in [3.05, 3.63) is 12.3 Å². The second-order valence-electron chi connectivity index (χ2n) is 5.94. The third-order valence-electron chi connectivity index (χ3n) is 3.97. The Bertz CT molecular complexity index is 454. The van der Waals surface area contributed by atoms with Crippen LogP contribution in [0.3, 0.4) is 0 Å². The molecular formula is C15H26N4O2. The van der Waals surface area contributed by atoms with Crippen molar-refractivity contribution in [3.63, 3.8) is 0 Å². The summed E-state index contributed by atoms with van der Waals surface area (Å²) in [7, 11) is 0. The maximum atomic E-state index is 12.2. The van der Waals surface area contributed by atoms with E-state index in [1.807, 2.05) is 19.9 Å². The molecule has 2 rings (SSSR count). The largest absolute Gasteiger partial charge is 0.396 e. The monoisotopic (exact) mass is 294 g/mol. The molecule has 21 heavy (non-hydrogen) atoms. The van der Waals surface area contributed by atoms with Crippen LogP contribution in [-0.4, -0.2) is 51.4 Å². The van der Waals surface area contributed by atoms with Crippen LogP contribution in [0.2, 0.25) is 0 Å². The Morgan fingerprint density at radius 3 is 2.90 bits per heavy atom. The van der Waals surface area contributed by atoms with Gasteiger partial charge in [-0.2, -0.15) is 5.10 Å². The van der Waals surface area contributed by atoms with E-state index in [2.05, 4.69) is 15.3 Å². The molecule has 2 N–H and O–H groups in total. The second kappa shape index (κ2) is 7.56. The van der Waals surface area contributed by atoms with Crippen LogP contribution in [0.1, 0.15) is 45.6 Å². The average molecular weight is 294 g/mol. The smallest absolute Gasteiger partial charge is 0.239 e. The third-order valence-corrected chi connectivity index (χ3v) is 3.97. The highest BCUT2D eigenvalue weighted by molar-refractivity contribution is 5.91. The highest BCUT2D eigenvalue weighted by atomic mass is 16.3. The van der Waals surface area contributed by atoms with Crippen molar-refractivity contribution in [3.8, 4) is 0 Å². The van der Waals surface area contributed by atoms with Gasteiger partial charge >= 0.3 is 0 Å². The fourth-order valence-corrected chi connectivity index (χ4v) is 2.61. The summed E-state index contributed by atoms with van der Waals surface area (Å²) < 4.78 is 1.80. The minimum Gasteiger partial charge on any atom is -0.396 e. The Morgan fingerprint density at radius 2 is 2.33 bits per heavy atom. The van der Waals surface area contributed by atoms with E-state index >= 15 is 0 Å². The fourth-order valence-electron chi connectivity index (χ4n) is 2.61. The molecule has 6 heteroatoms. The first-order valence-electron chi connectivity index (χ1n) is 7.80. The predicted octanol–water partition coefficient (Wildman–Crippen LogP) is 1.64. The Morgan fingerprint density at radius 1 is 1.57 bits per heavy atom. The Hall–Kier alpha value is -1.40. The van der Waals surface area contributed by atoms with E-state index in [1.54, 1.807) is 10.9 Å². The molecule has 1 heterocycles. The molecule has 0 bridgehead atoms. The Labute approximate surface area is 126 Å². The molecule has 0 saturated heterocycles. The molecule has 0 unspecified atom stereocenters. The minimum absolute atomic E-state index is 0.0118. The third kappa shape index (κ3) is 4.28. The van der Waals surface area contributed by atoms with Gasteiger partial charge in [0.25, 0.3) is 0 Å². The maximum absolute atomic E-state index is 12.2. The van der Waals surface area contributed by atoms with Crippen molar-refractivity contribution < 1.29 is 9.90 Å². The molecule has 1 aliphatic rings. The van der Waals surface area contributed by atoms with Gasteiger partial charge in [-0.25, -0.2) is 4.68 Å². The number of amides is 1. The fraction of sp³-hybridized carbons (Fsp3) is 0.733. The van der Waals surface area contributed by atoms with Crippen molar-refractivity contribution in [2.45, 2.75) is 51.6 Å². The highest BCUT2D eigenvalue weighted by Crippen LogP contribution is 2.24. The lowest BCUT2D eigenvalue weighted by molar-refractivity contribution is -0.118. The zero-order valence-corrected chi connectivity index (χ0v) is 13.0. The summed E-state index contributed by atoms with van der Waals surface area (Å²) in [6.07, 6.45) is 5.96. The molecule has 118 valence electrons. The standard InChI is InChI=1S/C15H26N4O2/c1-12(2)19-14(7-8-16-19)17-15(21)11-18(9-4-10-20)13-5-3-6-13/h7-8,12-13,20H,3-6,9-11H2,1-2H3,(H,17,21). The van der Waals surface area contributed by atoms with Gasteiger partial charge in [0.05, 0.1) is 12.7 Å². The van der Waals surface area contributed by atoms with Crippen LogP contribution in [0, 0.1) is 0 Å². The van der Waals surface area contributed by atoms with Gasteiger partial charge in [0.1, 0.15) is 5.82 Å². The summed E-state index contributed by atoms with van der Waals surface area (Å²) in [5.74, 6) is 0.730. The van der Waals surface area contributed by atoms with Gasteiger partial charge in [-0.15, -0.1) is 0 Å². The lowest BCUT2D eigenvalue weighted by atomic mass is 9.91. The van der Waals surface area contributed by atoms with Crippen LogP contribution in [-0.2, 0) is 4.79 Å². The zero-order valence-electron chi connectivity index (χ0n) is 13.0. The van der Waals surface area contributed by atoms with Gasteiger partial charge in [-0.05, 0) is 33.1 Å². The van der Waals surface area contributed by atoms with Crippen LogP contribution in [0.4, 0.5) is 5.82 Å². The first-order valence-corrected chi connectivity index (χ1v) is 7.80. The topological polar surface area (TPSA) is 70.4 Å². The number of hydrogen-bond acceptors (Lipinski definition) is 4. The Balaban J connectivity index is 1.90. The quantitative estimate of drug-likeness (QED) is 0.764. The summed E-state index contributed by atoms with van der Waals surface area (Å²) in [5.41, 5.74) is 0. The van der Waals surface area contributed by atoms with Gasteiger partial charge in [-0.1, -0.05) is 6.42 Å². The van der Waals surface area contributed by atoms with Crippen LogP contribution >= 0.6 is 0 Å². The van der Waals surface area contributed by atoms with Crippen LogP contribution in [0.15, 0.2) is 12.3 Å². The van der Waals surface area contributed by atoms with Gasteiger partial charge in [0.2, 0.25) is 5.91 Å². The number of hydrogen-bond donors (Lipinski definition) is 2. The maximum Gasteiger partial charge on any atom is 0.239 e. The molecule has 1 amide bonds. The number of rotatable bonds is 8. The molecule has 1 aliphatic carbocycles. The number of aliphatic hydroxyl groups excluding tert-OH is 1. The normalized spacial score (nSPS) is 15.5. The number of aliphatic hydroxyl groups is 1. The molecule has 1 fully saturated rings. The van der Waals surface area contributed by atoms with Crippen LogP contribution < -0.4 is 5.32 Å². The lowest BCUT2D eigenvalue weighted by Crippen LogP contribution is -2.45. The number of nitrogens with zero attached hydrogens (tertiary/aromatic N) is 3. The van der Waals surface area contributed by atoms with Gasteiger partial charge < -0.3 is 10.4 Å². The van der Waals surface area contributed by atoms with E-state index in [-0.39, 0.29) is 18.6 Å². The van der Waals surface area contributed by atoms with Crippen molar-refractivity contribution in [1.82, 2.24) is 14.7 Å². The van der Waals surface area contributed by atoms with E-state index in [0.29, 0.717) is 19.0 Å². The molecule has 1 saturated carbocycles. The number of anilines is 1. The lowest BCUT2D eigenvalue weighted by Gasteiger charge is -2.37. The first-order chi connectivity index (χ1) is 10.1. The molecule has 1 aromatic rings. The molecular weight excluding hydrogens is 268 g/mol. The Kier molecular flexibility index (Phi) is 5.76. The van der Waals surface area contributed by atoms with Crippen molar-refractivity contribution in [1.29, 1.82) is 0 Å². The van der Waals surface area contributed by atoms with Crippen LogP contribution in [0.5, 0.6) is 0 Å². The zero-order chi connectivity index (χ0) is 15.2. The minimum atomic E-state index is -0.0118.